The van der Waals surface area contributed by atoms with Gasteiger partial charge in [-0.15, -0.1) is 11.3 Å². The number of non-ortho nitro benzene ring substituents is 1. The maximum atomic E-state index is 11.1. The molecule has 106 valence electrons. The molecule has 2 aromatic heterocycles. The summed E-state index contributed by atoms with van der Waals surface area (Å²) >= 11 is 1.56. The average molecular weight is 300 g/mol. The van der Waals surface area contributed by atoms with Gasteiger partial charge in [0, 0.05) is 40.1 Å². The Morgan fingerprint density at radius 3 is 2.90 bits per heavy atom. The normalized spacial score (nSPS) is 10.7. The van der Waals surface area contributed by atoms with Gasteiger partial charge in [0.2, 0.25) is 0 Å². The third-order valence-corrected chi connectivity index (χ3v) is 3.93. The average Bonchev–Trinajstić information content (AvgIpc) is 2.97. The number of thiazole rings is 1. The first-order chi connectivity index (χ1) is 10.1. The largest absolute Gasteiger partial charge is 0.380 e. The maximum Gasteiger partial charge on any atom is 0.278 e. The zero-order chi connectivity index (χ0) is 14.8. The van der Waals surface area contributed by atoms with Gasteiger partial charge in [0.05, 0.1) is 22.4 Å². The van der Waals surface area contributed by atoms with Crippen molar-refractivity contribution in [2.45, 2.75) is 13.5 Å². The highest BCUT2D eigenvalue weighted by Gasteiger charge is 2.14. The fourth-order valence-corrected chi connectivity index (χ4v) is 2.69. The number of hydrogen-bond acceptors (Lipinski definition) is 6. The fourth-order valence-electron chi connectivity index (χ4n) is 2.15. The van der Waals surface area contributed by atoms with E-state index in [-0.39, 0.29) is 10.6 Å². The summed E-state index contributed by atoms with van der Waals surface area (Å²) in [7, 11) is 0. The zero-order valence-electron chi connectivity index (χ0n) is 11.2. The van der Waals surface area contributed by atoms with Crippen LogP contribution in [0.3, 0.4) is 0 Å². The first-order valence-corrected chi connectivity index (χ1v) is 7.18. The van der Waals surface area contributed by atoms with E-state index in [1.807, 2.05) is 13.0 Å². The molecule has 7 heteroatoms. The smallest absolute Gasteiger partial charge is 0.278 e. The quantitative estimate of drug-likeness (QED) is 0.589. The molecule has 0 aliphatic heterocycles. The molecule has 1 N–H and O–H groups in total. The van der Waals surface area contributed by atoms with Crippen molar-refractivity contribution in [3.8, 4) is 0 Å². The molecule has 6 nitrogen and oxygen atoms in total. The standard InChI is InChI=1S/C14H12N4O2S/c1-9-4-11-12(7-16-9)14(18(19)20)3-2-13(11)17-6-10-5-15-8-21-10/h2-5,7-8,17H,6H2,1H3. The van der Waals surface area contributed by atoms with E-state index in [0.29, 0.717) is 11.9 Å². The predicted molar refractivity (Wildman–Crippen MR) is 82.6 cm³/mol. The second kappa shape index (κ2) is 5.45. The number of aryl methyl sites for hydroxylation is 1. The summed E-state index contributed by atoms with van der Waals surface area (Å²) in [6.45, 7) is 2.50. The number of aromatic nitrogens is 2. The lowest BCUT2D eigenvalue weighted by atomic mass is 10.1. The number of anilines is 1. The highest BCUT2D eigenvalue weighted by Crippen LogP contribution is 2.31. The SMILES string of the molecule is Cc1cc2c(NCc3cncs3)ccc([N+](=O)[O-])c2cn1. The van der Waals surface area contributed by atoms with Crippen LogP contribution in [0.5, 0.6) is 0 Å². The molecular formula is C14H12N4O2S. The van der Waals surface area contributed by atoms with Gasteiger partial charge < -0.3 is 5.32 Å². The van der Waals surface area contributed by atoms with Crippen LogP contribution in [-0.4, -0.2) is 14.9 Å². The number of hydrogen-bond donors (Lipinski definition) is 1. The van der Waals surface area contributed by atoms with Gasteiger partial charge in [-0.3, -0.25) is 20.1 Å². The van der Waals surface area contributed by atoms with Crippen molar-refractivity contribution in [3.05, 3.63) is 56.8 Å². The molecule has 3 rings (SSSR count). The summed E-state index contributed by atoms with van der Waals surface area (Å²) in [6, 6.07) is 5.10. The second-order valence-electron chi connectivity index (χ2n) is 4.58. The van der Waals surface area contributed by atoms with Crippen LogP contribution in [-0.2, 0) is 6.54 Å². The first kappa shape index (κ1) is 13.4. The van der Waals surface area contributed by atoms with E-state index in [2.05, 4.69) is 15.3 Å². The molecule has 21 heavy (non-hydrogen) atoms. The maximum absolute atomic E-state index is 11.1. The van der Waals surface area contributed by atoms with Gasteiger partial charge in [0.25, 0.3) is 5.69 Å². The van der Waals surface area contributed by atoms with E-state index in [4.69, 9.17) is 0 Å². The van der Waals surface area contributed by atoms with E-state index >= 15 is 0 Å². The molecule has 0 radical (unpaired) electrons. The van der Waals surface area contributed by atoms with Crippen LogP contribution >= 0.6 is 11.3 Å². The van der Waals surface area contributed by atoms with Crippen LogP contribution in [0.25, 0.3) is 10.8 Å². The van der Waals surface area contributed by atoms with Gasteiger partial charge in [0.15, 0.2) is 0 Å². The number of fused-ring (bicyclic) bond motifs is 1. The summed E-state index contributed by atoms with van der Waals surface area (Å²) in [5.41, 5.74) is 3.53. The predicted octanol–water partition coefficient (Wildman–Crippen LogP) is 3.52. The molecule has 0 aliphatic rings. The summed E-state index contributed by atoms with van der Waals surface area (Å²) in [6.07, 6.45) is 3.36. The summed E-state index contributed by atoms with van der Waals surface area (Å²) < 4.78 is 0. The van der Waals surface area contributed by atoms with Crippen molar-refractivity contribution < 1.29 is 4.92 Å². The van der Waals surface area contributed by atoms with Gasteiger partial charge >= 0.3 is 0 Å². The molecule has 0 saturated carbocycles. The number of pyridine rings is 1. The Hall–Kier alpha value is -2.54. The number of nitro benzene ring substituents is 1. The Bertz CT molecular complexity index is 802. The minimum absolute atomic E-state index is 0.0702. The molecule has 0 aliphatic carbocycles. The lowest BCUT2D eigenvalue weighted by Crippen LogP contribution is -2.00. The number of benzene rings is 1. The summed E-state index contributed by atoms with van der Waals surface area (Å²) in [5, 5.41) is 15.8. The highest BCUT2D eigenvalue weighted by molar-refractivity contribution is 7.09. The van der Waals surface area contributed by atoms with Crippen molar-refractivity contribution in [2.75, 3.05) is 5.32 Å². The Kier molecular flexibility index (Phi) is 3.49. The van der Waals surface area contributed by atoms with Gasteiger partial charge in [-0.05, 0) is 19.1 Å². The lowest BCUT2D eigenvalue weighted by Gasteiger charge is -2.09. The number of nitro groups is 1. The van der Waals surface area contributed by atoms with E-state index in [1.165, 1.54) is 6.07 Å². The highest BCUT2D eigenvalue weighted by atomic mass is 32.1. The van der Waals surface area contributed by atoms with Crippen LogP contribution in [0.2, 0.25) is 0 Å². The van der Waals surface area contributed by atoms with Crippen LogP contribution in [0.1, 0.15) is 10.6 Å². The van der Waals surface area contributed by atoms with Crippen molar-refractivity contribution in [2.24, 2.45) is 0 Å². The Balaban J connectivity index is 2.04. The second-order valence-corrected chi connectivity index (χ2v) is 5.55. The van der Waals surface area contributed by atoms with Crippen LogP contribution in [0.15, 0.2) is 36.1 Å². The number of nitrogens with one attached hydrogen (secondary N) is 1. The summed E-state index contributed by atoms with van der Waals surface area (Å²) in [5.74, 6) is 0. The Labute approximate surface area is 124 Å². The zero-order valence-corrected chi connectivity index (χ0v) is 12.1. The van der Waals surface area contributed by atoms with Crippen molar-refractivity contribution in [1.82, 2.24) is 9.97 Å². The molecule has 0 unspecified atom stereocenters. The molecule has 0 spiro atoms. The van der Waals surface area contributed by atoms with Crippen LogP contribution in [0.4, 0.5) is 11.4 Å². The molecule has 2 heterocycles. The number of nitrogens with zero attached hydrogens (tertiary/aromatic N) is 3. The Morgan fingerprint density at radius 2 is 2.19 bits per heavy atom. The Morgan fingerprint density at radius 1 is 1.33 bits per heavy atom. The lowest BCUT2D eigenvalue weighted by molar-refractivity contribution is -0.383. The molecule has 0 fully saturated rings. The van der Waals surface area contributed by atoms with Gasteiger partial charge in [-0.2, -0.15) is 0 Å². The molecule has 0 amide bonds. The number of rotatable bonds is 4. The fraction of sp³-hybridized carbons (Fsp3) is 0.143. The van der Waals surface area contributed by atoms with Gasteiger partial charge in [0.1, 0.15) is 0 Å². The molecule has 0 saturated heterocycles. The van der Waals surface area contributed by atoms with Crippen molar-refractivity contribution >= 4 is 33.5 Å². The molecule has 0 bridgehead atoms. The van der Waals surface area contributed by atoms with Crippen molar-refractivity contribution in [3.63, 3.8) is 0 Å². The van der Waals surface area contributed by atoms with E-state index < -0.39 is 0 Å². The third kappa shape index (κ3) is 2.68. The van der Waals surface area contributed by atoms with Crippen LogP contribution in [0, 0.1) is 17.0 Å². The topological polar surface area (TPSA) is 81.0 Å². The first-order valence-electron chi connectivity index (χ1n) is 6.30. The van der Waals surface area contributed by atoms with Crippen molar-refractivity contribution in [1.29, 1.82) is 0 Å². The molecule has 1 aromatic carbocycles. The molecular weight excluding hydrogens is 288 g/mol. The minimum Gasteiger partial charge on any atom is -0.380 e. The van der Waals surface area contributed by atoms with Gasteiger partial charge in [-0.25, -0.2) is 0 Å². The van der Waals surface area contributed by atoms with E-state index in [0.717, 1.165) is 21.6 Å². The monoisotopic (exact) mass is 300 g/mol. The van der Waals surface area contributed by atoms with E-state index in [1.54, 1.807) is 35.3 Å². The van der Waals surface area contributed by atoms with E-state index in [9.17, 15) is 10.1 Å². The van der Waals surface area contributed by atoms with Crippen LogP contribution < -0.4 is 5.32 Å². The minimum atomic E-state index is -0.383. The molecule has 0 atom stereocenters. The third-order valence-electron chi connectivity index (χ3n) is 3.15. The molecule has 3 aromatic rings. The van der Waals surface area contributed by atoms with Gasteiger partial charge in [-0.1, -0.05) is 0 Å². The summed E-state index contributed by atoms with van der Waals surface area (Å²) in [4.78, 5) is 20.0.